The molecule has 27 heavy (non-hydrogen) atoms. The monoisotopic (exact) mass is 436 g/mol. The molecule has 0 aliphatic rings. The minimum absolute atomic E-state index is 0.104. The molecule has 140 valence electrons. The Morgan fingerprint density at radius 1 is 1.19 bits per heavy atom. The van der Waals surface area contributed by atoms with E-state index in [4.69, 9.17) is 0 Å². The van der Waals surface area contributed by atoms with Gasteiger partial charge in [0.1, 0.15) is 11.7 Å². The molecule has 6 nitrogen and oxygen atoms in total. The summed E-state index contributed by atoms with van der Waals surface area (Å²) in [6, 6.07) is 10.3. The molecule has 0 radical (unpaired) electrons. The maximum Gasteiger partial charge on any atom is 0.295 e. The third-order valence-electron chi connectivity index (χ3n) is 4.24. The standard InChI is InChI=1S/C18H15BrF2N4O2/c1-2-17(18(20,21)13-5-9-15(10-6-13)25(26)27)24-11-16(22-23-24)12-3-7-14(19)8-4-12/h3-11,17H,2H2,1H3/t17-/m0/s1. The molecule has 0 spiro atoms. The zero-order valence-electron chi connectivity index (χ0n) is 14.2. The summed E-state index contributed by atoms with van der Waals surface area (Å²) in [4.78, 5) is 10.1. The predicted octanol–water partition coefficient (Wildman–Crippen LogP) is 5.36. The van der Waals surface area contributed by atoms with Crippen LogP contribution in [0.1, 0.15) is 24.9 Å². The van der Waals surface area contributed by atoms with Crippen molar-refractivity contribution in [3.8, 4) is 11.3 Å². The lowest BCUT2D eigenvalue weighted by molar-refractivity contribution is -0.384. The van der Waals surface area contributed by atoms with Gasteiger partial charge in [0.25, 0.3) is 11.6 Å². The molecule has 0 saturated heterocycles. The number of halogens is 3. The van der Waals surface area contributed by atoms with Crippen LogP contribution < -0.4 is 0 Å². The summed E-state index contributed by atoms with van der Waals surface area (Å²) in [6.45, 7) is 1.63. The first-order valence-corrected chi connectivity index (χ1v) is 8.92. The van der Waals surface area contributed by atoms with Crippen molar-refractivity contribution < 1.29 is 13.7 Å². The van der Waals surface area contributed by atoms with Crippen LogP contribution in [-0.4, -0.2) is 19.9 Å². The Labute approximate surface area is 162 Å². The van der Waals surface area contributed by atoms with Crippen LogP contribution in [0.3, 0.4) is 0 Å². The van der Waals surface area contributed by atoms with Gasteiger partial charge in [-0.15, -0.1) is 5.10 Å². The minimum atomic E-state index is -3.27. The molecule has 0 unspecified atom stereocenters. The number of alkyl halides is 2. The number of non-ortho nitro benzene ring substituents is 1. The Kier molecular flexibility index (Phi) is 5.31. The van der Waals surface area contributed by atoms with E-state index in [1.54, 1.807) is 6.92 Å². The van der Waals surface area contributed by atoms with Crippen molar-refractivity contribution in [2.45, 2.75) is 25.3 Å². The second kappa shape index (κ2) is 7.51. The number of hydrogen-bond donors (Lipinski definition) is 0. The zero-order valence-corrected chi connectivity index (χ0v) is 15.8. The normalized spacial score (nSPS) is 12.7. The summed E-state index contributed by atoms with van der Waals surface area (Å²) < 4.78 is 32.1. The predicted molar refractivity (Wildman–Crippen MR) is 99.5 cm³/mol. The largest absolute Gasteiger partial charge is 0.295 e. The van der Waals surface area contributed by atoms with Crippen LogP contribution >= 0.6 is 15.9 Å². The molecule has 1 aromatic heterocycles. The molecule has 9 heteroatoms. The van der Waals surface area contributed by atoms with Gasteiger partial charge in [0.05, 0.1) is 11.1 Å². The molecule has 0 bridgehead atoms. The van der Waals surface area contributed by atoms with Crippen molar-refractivity contribution >= 4 is 21.6 Å². The van der Waals surface area contributed by atoms with Crippen molar-refractivity contribution in [2.24, 2.45) is 0 Å². The summed E-state index contributed by atoms with van der Waals surface area (Å²) in [5.74, 6) is -3.27. The lowest BCUT2D eigenvalue weighted by Crippen LogP contribution is -2.29. The van der Waals surface area contributed by atoms with Crippen molar-refractivity contribution in [1.82, 2.24) is 15.0 Å². The molecule has 1 heterocycles. The van der Waals surface area contributed by atoms with Gasteiger partial charge in [-0.2, -0.15) is 8.78 Å². The van der Waals surface area contributed by atoms with Crippen LogP contribution in [0.15, 0.2) is 59.2 Å². The summed E-state index contributed by atoms with van der Waals surface area (Å²) >= 11 is 3.34. The quantitative estimate of drug-likeness (QED) is 0.385. The highest BCUT2D eigenvalue weighted by molar-refractivity contribution is 9.10. The summed E-state index contributed by atoms with van der Waals surface area (Å²) in [6.07, 6.45) is 1.59. The van der Waals surface area contributed by atoms with E-state index in [-0.39, 0.29) is 17.7 Å². The number of nitro benzene ring substituents is 1. The Balaban J connectivity index is 1.91. The summed E-state index contributed by atoms with van der Waals surface area (Å²) in [5, 5.41) is 18.6. The minimum Gasteiger partial charge on any atom is -0.258 e. The molecule has 0 N–H and O–H groups in total. The van der Waals surface area contributed by atoms with E-state index in [1.165, 1.54) is 6.20 Å². The highest BCUT2D eigenvalue weighted by atomic mass is 79.9. The van der Waals surface area contributed by atoms with E-state index < -0.39 is 16.9 Å². The van der Waals surface area contributed by atoms with Gasteiger partial charge < -0.3 is 0 Å². The van der Waals surface area contributed by atoms with Crippen LogP contribution in [0.5, 0.6) is 0 Å². The second-order valence-electron chi connectivity index (χ2n) is 5.94. The van der Waals surface area contributed by atoms with E-state index >= 15 is 8.78 Å². The average Bonchev–Trinajstić information content (AvgIpc) is 3.12. The van der Waals surface area contributed by atoms with Crippen LogP contribution in [0.25, 0.3) is 11.3 Å². The van der Waals surface area contributed by atoms with E-state index in [0.29, 0.717) is 5.69 Å². The highest BCUT2D eigenvalue weighted by Crippen LogP contribution is 2.41. The fourth-order valence-electron chi connectivity index (χ4n) is 2.79. The molecule has 0 aliphatic carbocycles. The number of benzene rings is 2. The summed E-state index contributed by atoms with van der Waals surface area (Å²) in [7, 11) is 0. The first-order valence-electron chi connectivity index (χ1n) is 8.13. The molecule has 3 rings (SSSR count). The van der Waals surface area contributed by atoms with Gasteiger partial charge in [0.2, 0.25) is 0 Å². The van der Waals surface area contributed by atoms with Gasteiger partial charge in [-0.25, -0.2) is 4.68 Å². The fraction of sp³-hybridized carbons (Fsp3) is 0.222. The molecule has 0 fully saturated rings. The topological polar surface area (TPSA) is 73.8 Å². The Morgan fingerprint density at radius 3 is 2.37 bits per heavy atom. The first kappa shape index (κ1) is 19.1. The molecule has 1 atom stereocenters. The number of nitro groups is 1. The average molecular weight is 437 g/mol. The number of nitrogens with zero attached hydrogens (tertiary/aromatic N) is 4. The summed E-state index contributed by atoms with van der Waals surface area (Å²) in [5.41, 5.74) is 0.708. The first-order chi connectivity index (χ1) is 12.8. The third-order valence-corrected chi connectivity index (χ3v) is 4.77. The lowest BCUT2D eigenvalue weighted by atomic mass is 9.99. The lowest BCUT2D eigenvalue weighted by Gasteiger charge is -2.26. The zero-order chi connectivity index (χ0) is 19.6. The Bertz CT molecular complexity index is 943. The SMILES string of the molecule is CC[C@H](n1cc(-c2ccc(Br)cc2)nn1)C(F)(F)c1ccc([N+](=O)[O-])cc1. The molecule has 0 amide bonds. The Hall–Kier alpha value is -2.68. The van der Waals surface area contributed by atoms with Gasteiger partial charge in [-0.05, 0) is 30.7 Å². The van der Waals surface area contributed by atoms with Crippen LogP contribution in [-0.2, 0) is 5.92 Å². The van der Waals surface area contributed by atoms with Gasteiger partial charge in [0, 0.05) is 27.7 Å². The molecule has 0 saturated carbocycles. The van der Waals surface area contributed by atoms with E-state index in [1.807, 2.05) is 24.3 Å². The van der Waals surface area contributed by atoms with Gasteiger partial charge in [-0.1, -0.05) is 40.2 Å². The van der Waals surface area contributed by atoms with Crippen LogP contribution in [0.2, 0.25) is 0 Å². The molecule has 0 aliphatic heterocycles. The Morgan fingerprint density at radius 2 is 1.81 bits per heavy atom. The molecule has 2 aromatic carbocycles. The van der Waals surface area contributed by atoms with Crippen molar-refractivity contribution in [3.05, 3.63) is 74.9 Å². The number of rotatable bonds is 6. The maximum atomic E-state index is 15.0. The van der Waals surface area contributed by atoms with Crippen molar-refractivity contribution in [3.63, 3.8) is 0 Å². The second-order valence-corrected chi connectivity index (χ2v) is 6.86. The van der Waals surface area contributed by atoms with Gasteiger partial charge in [-0.3, -0.25) is 10.1 Å². The van der Waals surface area contributed by atoms with E-state index in [9.17, 15) is 10.1 Å². The molecular formula is C18H15BrF2N4O2. The third kappa shape index (κ3) is 3.87. The van der Waals surface area contributed by atoms with Crippen LogP contribution in [0, 0.1) is 10.1 Å². The molecular weight excluding hydrogens is 422 g/mol. The van der Waals surface area contributed by atoms with Crippen molar-refractivity contribution in [1.29, 1.82) is 0 Å². The maximum absolute atomic E-state index is 15.0. The number of aromatic nitrogens is 3. The van der Waals surface area contributed by atoms with E-state index in [2.05, 4.69) is 26.2 Å². The fourth-order valence-corrected chi connectivity index (χ4v) is 3.05. The van der Waals surface area contributed by atoms with Crippen molar-refractivity contribution in [2.75, 3.05) is 0 Å². The van der Waals surface area contributed by atoms with Gasteiger partial charge in [0.15, 0.2) is 0 Å². The number of hydrogen-bond acceptors (Lipinski definition) is 4. The molecule has 3 aromatic rings. The smallest absolute Gasteiger partial charge is 0.258 e. The van der Waals surface area contributed by atoms with E-state index in [0.717, 1.165) is 39.0 Å². The van der Waals surface area contributed by atoms with Gasteiger partial charge >= 0.3 is 0 Å². The van der Waals surface area contributed by atoms with Crippen LogP contribution in [0.4, 0.5) is 14.5 Å². The highest BCUT2D eigenvalue weighted by Gasteiger charge is 2.42.